The maximum Gasteiger partial charge on any atom is 0.254 e. The molecule has 4 heterocycles. The van der Waals surface area contributed by atoms with Crippen LogP contribution in [0.1, 0.15) is 28.4 Å². The Morgan fingerprint density at radius 1 is 1.38 bits per heavy atom. The number of rotatable bonds is 2. The number of carbonyl (C=O) groups is 1. The lowest BCUT2D eigenvalue weighted by Gasteiger charge is -2.16. The fourth-order valence-corrected chi connectivity index (χ4v) is 2.82. The van der Waals surface area contributed by atoms with Gasteiger partial charge < -0.3 is 4.90 Å². The monoisotopic (exact) mass is 282 g/mol. The molecule has 0 saturated carbocycles. The summed E-state index contributed by atoms with van der Waals surface area (Å²) in [5.41, 5.74) is 2.43. The molecule has 3 aromatic rings. The second kappa shape index (κ2) is 4.69. The van der Waals surface area contributed by atoms with E-state index in [1.165, 1.54) is 6.33 Å². The molecule has 1 amide bonds. The van der Waals surface area contributed by atoms with Crippen LogP contribution in [0.15, 0.2) is 36.9 Å². The van der Waals surface area contributed by atoms with Crippen molar-refractivity contribution in [2.45, 2.75) is 12.3 Å². The third-order valence-electron chi connectivity index (χ3n) is 3.97. The third-order valence-corrected chi connectivity index (χ3v) is 3.97. The molecule has 4 rings (SSSR count). The first kappa shape index (κ1) is 12.1. The fourth-order valence-electron chi connectivity index (χ4n) is 2.82. The van der Waals surface area contributed by atoms with Crippen molar-refractivity contribution in [2.75, 3.05) is 13.1 Å². The zero-order valence-electron chi connectivity index (χ0n) is 11.3. The maximum atomic E-state index is 12.6. The molecule has 1 aliphatic heterocycles. The zero-order valence-corrected chi connectivity index (χ0v) is 11.3. The highest BCUT2D eigenvalue weighted by Gasteiger charge is 2.28. The van der Waals surface area contributed by atoms with E-state index < -0.39 is 0 Å². The number of hydrogen-bond donors (Lipinski definition) is 1. The van der Waals surface area contributed by atoms with Crippen LogP contribution in [-0.4, -0.2) is 48.7 Å². The molecule has 7 nitrogen and oxygen atoms in total. The normalized spacial score (nSPS) is 18.5. The average molecular weight is 282 g/mol. The molecule has 1 aliphatic rings. The minimum absolute atomic E-state index is 0.0440. The van der Waals surface area contributed by atoms with Gasteiger partial charge in [-0.05, 0) is 24.6 Å². The molecule has 0 spiro atoms. The van der Waals surface area contributed by atoms with Gasteiger partial charge in [0.2, 0.25) is 0 Å². The van der Waals surface area contributed by atoms with Crippen molar-refractivity contribution in [1.82, 2.24) is 29.7 Å². The van der Waals surface area contributed by atoms with E-state index in [-0.39, 0.29) is 5.91 Å². The maximum absolute atomic E-state index is 12.6. The third kappa shape index (κ3) is 2.06. The Labute approximate surface area is 120 Å². The molecule has 106 valence electrons. The van der Waals surface area contributed by atoms with E-state index in [0.29, 0.717) is 17.1 Å². The average Bonchev–Trinajstić information content (AvgIpc) is 3.24. The van der Waals surface area contributed by atoms with Crippen molar-refractivity contribution in [1.29, 1.82) is 0 Å². The first-order valence-electron chi connectivity index (χ1n) is 6.89. The van der Waals surface area contributed by atoms with Gasteiger partial charge in [-0.3, -0.25) is 9.89 Å². The molecule has 1 fully saturated rings. The number of nitrogens with zero attached hydrogens (tertiary/aromatic N) is 5. The number of likely N-dealkylation sites (tertiary alicyclic amines) is 1. The summed E-state index contributed by atoms with van der Waals surface area (Å²) < 4.78 is 1.65. The van der Waals surface area contributed by atoms with Gasteiger partial charge in [0.1, 0.15) is 6.33 Å². The lowest BCUT2D eigenvalue weighted by molar-refractivity contribution is 0.0790. The van der Waals surface area contributed by atoms with E-state index in [9.17, 15) is 4.79 Å². The van der Waals surface area contributed by atoms with Crippen LogP contribution in [0.4, 0.5) is 0 Å². The van der Waals surface area contributed by atoms with E-state index in [2.05, 4.69) is 20.3 Å². The second-order valence-electron chi connectivity index (χ2n) is 5.23. The van der Waals surface area contributed by atoms with Crippen molar-refractivity contribution in [3.8, 4) is 0 Å². The highest BCUT2D eigenvalue weighted by molar-refractivity contribution is 5.95. The predicted molar refractivity (Wildman–Crippen MR) is 74.8 cm³/mol. The number of nitrogens with one attached hydrogen (secondary N) is 1. The fraction of sp³-hybridized carbons (Fsp3) is 0.286. The van der Waals surface area contributed by atoms with Gasteiger partial charge in [-0.25, -0.2) is 9.50 Å². The minimum atomic E-state index is 0.0440. The largest absolute Gasteiger partial charge is 0.338 e. The van der Waals surface area contributed by atoms with Crippen LogP contribution in [0.3, 0.4) is 0 Å². The molecule has 7 heteroatoms. The molecule has 1 unspecified atom stereocenters. The van der Waals surface area contributed by atoms with Gasteiger partial charge >= 0.3 is 0 Å². The number of H-pyrrole nitrogens is 1. The standard InChI is InChI=1S/C14H14N6O/c21-14(10-3-6-20-13(7-10)15-9-17-20)19-5-2-11(8-19)12-1-4-16-18-12/h1,3-4,6-7,9,11H,2,5,8H2,(H,16,18). The molecule has 1 saturated heterocycles. The van der Waals surface area contributed by atoms with Gasteiger partial charge in [-0.2, -0.15) is 10.2 Å². The lowest BCUT2D eigenvalue weighted by atomic mass is 10.1. The number of hydrogen-bond acceptors (Lipinski definition) is 4. The smallest absolute Gasteiger partial charge is 0.254 e. The van der Waals surface area contributed by atoms with Crippen LogP contribution in [0.2, 0.25) is 0 Å². The molecule has 1 atom stereocenters. The molecular formula is C14H14N6O. The first-order chi connectivity index (χ1) is 10.3. The van der Waals surface area contributed by atoms with Crippen molar-refractivity contribution in [3.63, 3.8) is 0 Å². The Morgan fingerprint density at radius 3 is 3.19 bits per heavy atom. The predicted octanol–water partition coefficient (Wildman–Crippen LogP) is 1.08. The second-order valence-corrected chi connectivity index (χ2v) is 5.23. The molecule has 0 radical (unpaired) electrons. The summed E-state index contributed by atoms with van der Waals surface area (Å²) >= 11 is 0. The van der Waals surface area contributed by atoms with Crippen LogP contribution in [0, 0.1) is 0 Å². The van der Waals surface area contributed by atoms with Crippen LogP contribution in [-0.2, 0) is 0 Å². The summed E-state index contributed by atoms with van der Waals surface area (Å²) in [6, 6.07) is 5.54. The van der Waals surface area contributed by atoms with Crippen LogP contribution >= 0.6 is 0 Å². The molecule has 1 N–H and O–H groups in total. The van der Waals surface area contributed by atoms with Crippen molar-refractivity contribution in [2.24, 2.45) is 0 Å². The van der Waals surface area contributed by atoms with Gasteiger partial charge in [0.15, 0.2) is 5.65 Å². The van der Waals surface area contributed by atoms with Gasteiger partial charge in [0.05, 0.1) is 0 Å². The number of aromatic amines is 1. The van der Waals surface area contributed by atoms with Crippen LogP contribution in [0.5, 0.6) is 0 Å². The number of fused-ring (bicyclic) bond motifs is 1. The minimum Gasteiger partial charge on any atom is -0.338 e. The summed E-state index contributed by atoms with van der Waals surface area (Å²) in [7, 11) is 0. The Bertz CT molecular complexity index is 778. The zero-order chi connectivity index (χ0) is 14.2. The summed E-state index contributed by atoms with van der Waals surface area (Å²) in [4.78, 5) is 18.6. The molecule has 21 heavy (non-hydrogen) atoms. The Balaban J connectivity index is 1.55. The molecule has 0 aliphatic carbocycles. The van der Waals surface area contributed by atoms with Crippen molar-refractivity contribution >= 4 is 11.6 Å². The van der Waals surface area contributed by atoms with E-state index in [1.54, 1.807) is 29.0 Å². The highest BCUT2D eigenvalue weighted by atomic mass is 16.2. The van der Waals surface area contributed by atoms with Crippen molar-refractivity contribution in [3.05, 3.63) is 48.2 Å². The van der Waals surface area contributed by atoms with Gasteiger partial charge in [-0.1, -0.05) is 0 Å². The Kier molecular flexibility index (Phi) is 2.70. The summed E-state index contributed by atoms with van der Waals surface area (Å²) in [5, 5.41) is 11.0. The highest BCUT2D eigenvalue weighted by Crippen LogP contribution is 2.26. The Morgan fingerprint density at radius 2 is 2.33 bits per heavy atom. The van der Waals surface area contributed by atoms with E-state index in [4.69, 9.17) is 0 Å². The van der Waals surface area contributed by atoms with Gasteiger partial charge in [0.25, 0.3) is 5.91 Å². The number of aromatic nitrogens is 5. The van der Waals surface area contributed by atoms with E-state index in [1.807, 2.05) is 11.0 Å². The molecular weight excluding hydrogens is 268 g/mol. The lowest BCUT2D eigenvalue weighted by Crippen LogP contribution is -2.28. The number of pyridine rings is 1. The summed E-state index contributed by atoms with van der Waals surface area (Å²) in [6.45, 7) is 1.49. The quantitative estimate of drug-likeness (QED) is 0.763. The first-order valence-corrected chi connectivity index (χ1v) is 6.89. The number of amides is 1. The topological polar surface area (TPSA) is 79.2 Å². The molecule has 3 aromatic heterocycles. The van der Waals surface area contributed by atoms with Crippen molar-refractivity contribution < 1.29 is 4.79 Å². The van der Waals surface area contributed by atoms with Crippen LogP contribution in [0.25, 0.3) is 5.65 Å². The van der Waals surface area contributed by atoms with Gasteiger partial charge in [0, 0.05) is 42.7 Å². The van der Waals surface area contributed by atoms with Gasteiger partial charge in [-0.15, -0.1) is 0 Å². The van der Waals surface area contributed by atoms with Crippen LogP contribution < -0.4 is 0 Å². The summed E-state index contributed by atoms with van der Waals surface area (Å²) in [5.74, 6) is 0.385. The summed E-state index contributed by atoms with van der Waals surface area (Å²) in [6.07, 6.45) is 5.95. The number of carbonyl (C=O) groups excluding carboxylic acids is 1. The van der Waals surface area contributed by atoms with E-state index >= 15 is 0 Å². The molecule has 0 aromatic carbocycles. The molecule has 0 bridgehead atoms. The SMILES string of the molecule is O=C(c1ccn2ncnc2c1)N1CCC(c2ccn[nH]2)C1. The van der Waals surface area contributed by atoms with E-state index in [0.717, 1.165) is 25.2 Å². The Hall–Kier alpha value is -2.70.